The molecule has 102 valence electrons. The van der Waals surface area contributed by atoms with Gasteiger partial charge in [-0.25, -0.2) is 0 Å². The Hall–Kier alpha value is -1.46. The Labute approximate surface area is 118 Å². The van der Waals surface area contributed by atoms with E-state index < -0.39 is 0 Å². The van der Waals surface area contributed by atoms with Gasteiger partial charge < -0.3 is 15.0 Å². The third-order valence-corrected chi connectivity index (χ3v) is 3.39. The highest BCUT2D eigenvalue weighted by Crippen LogP contribution is 2.03. The molecule has 19 heavy (non-hydrogen) atoms. The van der Waals surface area contributed by atoms with Crippen LogP contribution in [0.2, 0.25) is 0 Å². The van der Waals surface area contributed by atoms with Gasteiger partial charge in [0.15, 0.2) is 5.11 Å². The van der Waals surface area contributed by atoms with Gasteiger partial charge in [-0.15, -0.1) is 0 Å². The van der Waals surface area contributed by atoms with E-state index in [-0.39, 0.29) is 5.91 Å². The van der Waals surface area contributed by atoms with Crippen molar-refractivity contribution in [2.24, 2.45) is 0 Å². The summed E-state index contributed by atoms with van der Waals surface area (Å²) in [5, 5.41) is 3.30. The maximum atomic E-state index is 11.8. The molecular formula is C14H18N2O2S. The van der Waals surface area contributed by atoms with E-state index in [2.05, 4.69) is 5.32 Å². The Kier molecular flexibility index (Phi) is 5.30. The highest BCUT2D eigenvalue weighted by Gasteiger charge is 2.15. The Morgan fingerprint density at radius 3 is 2.63 bits per heavy atom. The standard InChI is InChI=1S/C14H18N2O2S/c17-13(7-6-12-4-2-1-3-5-12)15-14(19)16-8-10-18-11-9-16/h1-5H,6-11H2,(H,15,17,19). The summed E-state index contributed by atoms with van der Waals surface area (Å²) in [4.78, 5) is 13.8. The van der Waals surface area contributed by atoms with Crippen molar-refractivity contribution in [1.82, 2.24) is 10.2 Å². The largest absolute Gasteiger partial charge is 0.378 e. The highest BCUT2D eigenvalue weighted by molar-refractivity contribution is 7.80. The minimum Gasteiger partial charge on any atom is -0.378 e. The lowest BCUT2D eigenvalue weighted by Gasteiger charge is -2.28. The molecule has 1 aromatic rings. The van der Waals surface area contributed by atoms with Crippen LogP contribution in [0.15, 0.2) is 30.3 Å². The van der Waals surface area contributed by atoms with Crippen LogP contribution in [-0.4, -0.2) is 42.2 Å². The fraction of sp³-hybridized carbons (Fsp3) is 0.429. The Balaban J connectivity index is 1.73. The lowest BCUT2D eigenvalue weighted by atomic mass is 10.1. The molecule has 0 aliphatic carbocycles. The zero-order valence-electron chi connectivity index (χ0n) is 10.8. The Bertz CT molecular complexity index is 430. The average molecular weight is 278 g/mol. The molecule has 1 aliphatic rings. The topological polar surface area (TPSA) is 41.6 Å². The second-order valence-corrected chi connectivity index (χ2v) is 4.83. The SMILES string of the molecule is O=C(CCc1ccccc1)NC(=S)N1CCOCC1. The number of nitrogens with zero attached hydrogens (tertiary/aromatic N) is 1. The number of carbonyl (C=O) groups excluding carboxylic acids is 1. The van der Waals surface area contributed by atoms with Crippen LogP contribution in [0.3, 0.4) is 0 Å². The van der Waals surface area contributed by atoms with Gasteiger partial charge in [-0.1, -0.05) is 30.3 Å². The first-order chi connectivity index (χ1) is 9.25. The van der Waals surface area contributed by atoms with Gasteiger partial charge in [-0.05, 0) is 24.2 Å². The summed E-state index contributed by atoms with van der Waals surface area (Å²) >= 11 is 5.22. The van der Waals surface area contributed by atoms with Crippen LogP contribution in [0.1, 0.15) is 12.0 Å². The fourth-order valence-corrected chi connectivity index (χ4v) is 2.23. The maximum absolute atomic E-state index is 11.8. The first-order valence-electron chi connectivity index (χ1n) is 6.46. The Morgan fingerprint density at radius 1 is 1.26 bits per heavy atom. The minimum atomic E-state index is -0.0275. The van der Waals surface area contributed by atoms with Crippen LogP contribution in [-0.2, 0) is 16.0 Å². The smallest absolute Gasteiger partial charge is 0.226 e. The van der Waals surface area contributed by atoms with E-state index >= 15 is 0 Å². The summed E-state index contributed by atoms with van der Waals surface area (Å²) in [6, 6.07) is 9.97. The molecule has 0 saturated carbocycles. The molecule has 0 radical (unpaired) electrons. The van der Waals surface area contributed by atoms with Crippen molar-refractivity contribution in [2.75, 3.05) is 26.3 Å². The van der Waals surface area contributed by atoms with Crippen molar-refractivity contribution in [3.8, 4) is 0 Å². The Morgan fingerprint density at radius 2 is 1.95 bits per heavy atom. The van der Waals surface area contributed by atoms with Crippen molar-refractivity contribution in [2.45, 2.75) is 12.8 Å². The van der Waals surface area contributed by atoms with Gasteiger partial charge in [0.05, 0.1) is 13.2 Å². The third-order valence-electron chi connectivity index (χ3n) is 3.03. The molecule has 0 unspecified atom stereocenters. The second kappa shape index (κ2) is 7.21. The lowest BCUT2D eigenvalue weighted by molar-refractivity contribution is -0.119. The zero-order chi connectivity index (χ0) is 13.5. The number of aryl methyl sites for hydroxylation is 1. The van der Waals surface area contributed by atoms with Gasteiger partial charge in [0, 0.05) is 19.5 Å². The number of thiocarbonyl (C=S) groups is 1. The predicted octanol–water partition coefficient (Wildman–Crippen LogP) is 1.35. The molecule has 2 rings (SSSR count). The van der Waals surface area contributed by atoms with Gasteiger partial charge in [0.2, 0.25) is 5.91 Å². The molecule has 1 aliphatic heterocycles. The van der Waals surface area contributed by atoms with Gasteiger partial charge >= 0.3 is 0 Å². The van der Waals surface area contributed by atoms with Gasteiger partial charge in [0.1, 0.15) is 0 Å². The molecule has 1 heterocycles. The fourth-order valence-electron chi connectivity index (χ4n) is 1.93. The van der Waals surface area contributed by atoms with Gasteiger partial charge in [0.25, 0.3) is 0 Å². The molecule has 0 atom stereocenters. The summed E-state index contributed by atoms with van der Waals surface area (Å²) in [5.41, 5.74) is 1.16. The summed E-state index contributed by atoms with van der Waals surface area (Å²) in [7, 11) is 0. The third kappa shape index (κ3) is 4.61. The van der Waals surface area contributed by atoms with Crippen molar-refractivity contribution >= 4 is 23.2 Å². The summed E-state index contributed by atoms with van der Waals surface area (Å²) < 4.78 is 5.25. The first-order valence-corrected chi connectivity index (χ1v) is 6.87. The van der Waals surface area contributed by atoms with Crippen molar-refractivity contribution < 1.29 is 9.53 Å². The molecule has 0 bridgehead atoms. The van der Waals surface area contributed by atoms with E-state index in [9.17, 15) is 4.79 Å². The van der Waals surface area contributed by atoms with E-state index in [1.807, 2.05) is 35.2 Å². The van der Waals surface area contributed by atoms with E-state index in [1.165, 1.54) is 0 Å². The first kappa shape index (κ1) is 14.0. The number of benzene rings is 1. The number of amides is 1. The van der Waals surface area contributed by atoms with Crippen LogP contribution in [0, 0.1) is 0 Å². The monoisotopic (exact) mass is 278 g/mol. The van der Waals surface area contributed by atoms with E-state index in [0.29, 0.717) is 24.7 Å². The number of carbonyl (C=O) groups is 1. The average Bonchev–Trinajstić information content (AvgIpc) is 2.47. The van der Waals surface area contributed by atoms with Crippen molar-refractivity contribution in [3.05, 3.63) is 35.9 Å². The zero-order valence-corrected chi connectivity index (χ0v) is 11.6. The van der Waals surface area contributed by atoms with Crippen molar-refractivity contribution in [3.63, 3.8) is 0 Å². The van der Waals surface area contributed by atoms with Crippen LogP contribution in [0.25, 0.3) is 0 Å². The van der Waals surface area contributed by atoms with E-state index in [0.717, 1.165) is 25.1 Å². The normalized spacial score (nSPS) is 15.1. The number of nitrogens with one attached hydrogen (secondary N) is 1. The molecule has 0 spiro atoms. The molecule has 1 amide bonds. The van der Waals surface area contributed by atoms with E-state index in [1.54, 1.807) is 0 Å². The molecule has 0 aromatic heterocycles. The summed E-state index contributed by atoms with van der Waals surface area (Å²) in [6.45, 7) is 2.83. The number of rotatable bonds is 3. The maximum Gasteiger partial charge on any atom is 0.226 e. The second-order valence-electron chi connectivity index (χ2n) is 4.44. The van der Waals surface area contributed by atoms with Crippen LogP contribution in [0.4, 0.5) is 0 Å². The van der Waals surface area contributed by atoms with Crippen LogP contribution >= 0.6 is 12.2 Å². The summed E-state index contributed by atoms with van der Waals surface area (Å²) in [5.74, 6) is -0.0275. The van der Waals surface area contributed by atoms with Crippen LogP contribution < -0.4 is 5.32 Å². The molecule has 5 heteroatoms. The van der Waals surface area contributed by atoms with Crippen molar-refractivity contribution in [1.29, 1.82) is 0 Å². The highest BCUT2D eigenvalue weighted by atomic mass is 32.1. The number of hydrogen-bond acceptors (Lipinski definition) is 3. The van der Waals surface area contributed by atoms with E-state index in [4.69, 9.17) is 17.0 Å². The quantitative estimate of drug-likeness (QED) is 0.848. The molecule has 1 aromatic carbocycles. The summed E-state index contributed by atoms with van der Waals surface area (Å²) in [6.07, 6.45) is 1.19. The predicted molar refractivity (Wildman–Crippen MR) is 77.9 cm³/mol. The molecule has 1 fully saturated rings. The molecule has 1 saturated heterocycles. The number of ether oxygens (including phenoxy) is 1. The number of hydrogen-bond donors (Lipinski definition) is 1. The minimum absolute atomic E-state index is 0.0275. The molecule has 1 N–H and O–H groups in total. The number of morpholine rings is 1. The van der Waals surface area contributed by atoms with Gasteiger partial charge in [-0.2, -0.15) is 0 Å². The van der Waals surface area contributed by atoms with Gasteiger partial charge in [-0.3, -0.25) is 4.79 Å². The molecule has 4 nitrogen and oxygen atoms in total. The lowest BCUT2D eigenvalue weighted by Crippen LogP contribution is -2.47. The van der Waals surface area contributed by atoms with Crippen LogP contribution in [0.5, 0.6) is 0 Å². The molecular weight excluding hydrogens is 260 g/mol.